The number of nitrogens with zero attached hydrogens (tertiary/aromatic N) is 1. The van der Waals surface area contributed by atoms with E-state index in [0.717, 1.165) is 32.5 Å². The predicted octanol–water partition coefficient (Wildman–Crippen LogP) is 2.55. The second-order valence-electron chi connectivity index (χ2n) is 5.01. The van der Waals surface area contributed by atoms with E-state index in [9.17, 15) is 9.18 Å². The highest BCUT2D eigenvalue weighted by Crippen LogP contribution is 2.18. The molecule has 1 aromatic carbocycles. The Balaban J connectivity index is 1.99. The minimum Gasteiger partial charge on any atom is -0.341 e. The lowest BCUT2D eigenvalue weighted by molar-refractivity contribution is 0.0762. The Morgan fingerprint density at radius 2 is 2.16 bits per heavy atom. The van der Waals surface area contributed by atoms with Gasteiger partial charge in [-0.3, -0.25) is 4.79 Å². The number of rotatable bonds is 3. The molecule has 3 nitrogen and oxygen atoms in total. The fraction of sp³-hybridized carbons (Fsp3) is 0.500. The average Bonchev–Trinajstić information content (AvgIpc) is 2.42. The highest BCUT2D eigenvalue weighted by molar-refractivity contribution is 6.31. The van der Waals surface area contributed by atoms with E-state index in [1.165, 1.54) is 18.2 Å². The Labute approximate surface area is 117 Å². The Hall–Kier alpha value is -1.13. The van der Waals surface area contributed by atoms with Crippen LogP contribution in [-0.4, -0.2) is 37.5 Å². The van der Waals surface area contributed by atoms with Crippen LogP contribution in [0.5, 0.6) is 0 Å². The molecule has 1 aliphatic rings. The maximum Gasteiger partial charge on any atom is 0.253 e. The zero-order valence-corrected chi connectivity index (χ0v) is 11.7. The van der Waals surface area contributed by atoms with Crippen molar-refractivity contribution in [2.24, 2.45) is 5.92 Å². The van der Waals surface area contributed by atoms with E-state index >= 15 is 0 Å². The van der Waals surface area contributed by atoms with Crippen molar-refractivity contribution in [1.82, 2.24) is 10.2 Å². The predicted molar refractivity (Wildman–Crippen MR) is 74.0 cm³/mol. The number of hydrogen-bond donors (Lipinski definition) is 1. The van der Waals surface area contributed by atoms with Gasteiger partial charge in [-0.2, -0.15) is 0 Å². The molecule has 1 aromatic rings. The Kier molecular flexibility index (Phi) is 4.77. The van der Waals surface area contributed by atoms with E-state index in [0.29, 0.717) is 11.5 Å². The highest BCUT2D eigenvalue weighted by atomic mass is 35.5. The molecule has 0 spiro atoms. The van der Waals surface area contributed by atoms with Gasteiger partial charge in [0.2, 0.25) is 0 Å². The van der Waals surface area contributed by atoms with Crippen molar-refractivity contribution in [1.29, 1.82) is 0 Å². The molecule has 2 rings (SSSR count). The topological polar surface area (TPSA) is 32.3 Å². The van der Waals surface area contributed by atoms with Crippen LogP contribution < -0.4 is 5.32 Å². The van der Waals surface area contributed by atoms with Gasteiger partial charge in [0, 0.05) is 19.2 Å². The van der Waals surface area contributed by atoms with Crippen LogP contribution in [0.3, 0.4) is 0 Å². The van der Waals surface area contributed by atoms with Crippen LogP contribution >= 0.6 is 11.6 Å². The summed E-state index contributed by atoms with van der Waals surface area (Å²) in [5.74, 6) is -0.0780. The third-order valence-electron chi connectivity index (χ3n) is 3.50. The van der Waals surface area contributed by atoms with Crippen LogP contribution in [0.2, 0.25) is 5.02 Å². The minimum atomic E-state index is -0.501. The van der Waals surface area contributed by atoms with Gasteiger partial charge in [0.1, 0.15) is 5.82 Å². The molecule has 0 radical (unpaired) electrons. The lowest BCUT2D eigenvalue weighted by Crippen LogP contribution is -2.37. The summed E-state index contributed by atoms with van der Waals surface area (Å²) in [7, 11) is 1.78. The van der Waals surface area contributed by atoms with Crippen molar-refractivity contribution in [3.05, 3.63) is 34.6 Å². The monoisotopic (exact) mass is 284 g/mol. The molecule has 0 saturated carbocycles. The van der Waals surface area contributed by atoms with Crippen molar-refractivity contribution in [2.45, 2.75) is 12.8 Å². The zero-order valence-electron chi connectivity index (χ0n) is 11.0. The largest absolute Gasteiger partial charge is 0.341 e. The fourth-order valence-electron chi connectivity index (χ4n) is 2.38. The van der Waals surface area contributed by atoms with Crippen LogP contribution in [-0.2, 0) is 0 Å². The lowest BCUT2D eigenvalue weighted by Gasteiger charge is -2.27. The molecule has 1 N–H and O–H groups in total. The van der Waals surface area contributed by atoms with E-state index < -0.39 is 5.82 Å². The van der Waals surface area contributed by atoms with Gasteiger partial charge < -0.3 is 10.2 Å². The smallest absolute Gasteiger partial charge is 0.253 e. The van der Waals surface area contributed by atoms with Gasteiger partial charge in [0.25, 0.3) is 5.91 Å². The van der Waals surface area contributed by atoms with E-state index in [1.54, 1.807) is 11.9 Å². The number of hydrogen-bond acceptors (Lipinski definition) is 2. The van der Waals surface area contributed by atoms with Gasteiger partial charge in [0.15, 0.2) is 0 Å². The molecule has 0 bridgehead atoms. The molecule has 1 saturated heterocycles. The van der Waals surface area contributed by atoms with Gasteiger partial charge >= 0.3 is 0 Å². The van der Waals surface area contributed by atoms with E-state index in [1.807, 2.05) is 0 Å². The van der Waals surface area contributed by atoms with E-state index in [4.69, 9.17) is 11.6 Å². The number of halogens is 2. The first-order chi connectivity index (χ1) is 9.08. The number of nitrogens with one attached hydrogen (secondary N) is 1. The molecule has 0 unspecified atom stereocenters. The molecule has 1 amide bonds. The number of amides is 1. The summed E-state index contributed by atoms with van der Waals surface area (Å²) in [6.45, 7) is 2.75. The maximum absolute atomic E-state index is 13.1. The summed E-state index contributed by atoms with van der Waals surface area (Å²) < 4.78 is 13.1. The maximum atomic E-state index is 13.1. The third-order valence-corrected chi connectivity index (χ3v) is 3.79. The zero-order chi connectivity index (χ0) is 13.8. The molecule has 0 atom stereocenters. The quantitative estimate of drug-likeness (QED) is 0.925. The van der Waals surface area contributed by atoms with E-state index in [2.05, 4.69) is 5.32 Å². The van der Waals surface area contributed by atoms with Crippen molar-refractivity contribution < 1.29 is 9.18 Å². The van der Waals surface area contributed by atoms with Crippen LogP contribution in [0.4, 0.5) is 4.39 Å². The molecule has 1 fully saturated rings. The molecule has 104 valence electrons. The normalized spacial score (nSPS) is 16.4. The Morgan fingerprint density at radius 3 is 2.79 bits per heavy atom. The fourth-order valence-corrected chi connectivity index (χ4v) is 2.56. The summed E-state index contributed by atoms with van der Waals surface area (Å²) >= 11 is 5.70. The Bertz CT molecular complexity index is 461. The SMILES string of the molecule is CN(CC1CCNCC1)C(=O)c1ccc(F)c(Cl)c1. The first-order valence-electron chi connectivity index (χ1n) is 6.49. The Morgan fingerprint density at radius 1 is 1.47 bits per heavy atom. The number of carbonyl (C=O) groups excluding carboxylic acids is 1. The summed E-state index contributed by atoms with van der Waals surface area (Å²) in [5.41, 5.74) is 0.433. The first kappa shape index (κ1) is 14.3. The first-order valence-corrected chi connectivity index (χ1v) is 6.87. The molecule has 1 heterocycles. The molecular formula is C14H18ClFN2O. The summed E-state index contributed by atoms with van der Waals surface area (Å²) in [6, 6.07) is 4.09. The summed E-state index contributed by atoms with van der Waals surface area (Å²) in [4.78, 5) is 13.9. The molecule has 0 aliphatic carbocycles. The van der Waals surface area contributed by atoms with Crippen LogP contribution in [0, 0.1) is 11.7 Å². The van der Waals surface area contributed by atoms with Gasteiger partial charge in [-0.1, -0.05) is 11.6 Å². The second-order valence-corrected chi connectivity index (χ2v) is 5.42. The molecule has 0 aromatic heterocycles. The molecule has 5 heteroatoms. The molecule has 19 heavy (non-hydrogen) atoms. The van der Waals surface area contributed by atoms with Crippen LogP contribution in [0.1, 0.15) is 23.2 Å². The van der Waals surface area contributed by atoms with Gasteiger partial charge in [-0.25, -0.2) is 4.39 Å². The lowest BCUT2D eigenvalue weighted by atomic mass is 9.97. The standard InChI is InChI=1S/C14H18ClFN2O/c1-18(9-10-4-6-17-7-5-10)14(19)11-2-3-13(16)12(15)8-11/h2-3,8,10,17H,4-7,9H2,1H3. The van der Waals surface area contributed by atoms with Gasteiger partial charge in [0.05, 0.1) is 5.02 Å². The highest BCUT2D eigenvalue weighted by Gasteiger charge is 2.19. The van der Waals surface area contributed by atoms with Gasteiger partial charge in [-0.05, 0) is 50.0 Å². The van der Waals surface area contributed by atoms with Crippen molar-refractivity contribution >= 4 is 17.5 Å². The number of piperidine rings is 1. The summed E-state index contributed by atoms with van der Waals surface area (Å²) in [5, 5.41) is 3.29. The van der Waals surface area contributed by atoms with Crippen molar-refractivity contribution in [2.75, 3.05) is 26.7 Å². The van der Waals surface area contributed by atoms with Crippen molar-refractivity contribution in [3.8, 4) is 0 Å². The van der Waals surface area contributed by atoms with Crippen LogP contribution in [0.15, 0.2) is 18.2 Å². The molecular weight excluding hydrogens is 267 g/mol. The number of benzene rings is 1. The van der Waals surface area contributed by atoms with Gasteiger partial charge in [-0.15, -0.1) is 0 Å². The number of carbonyl (C=O) groups is 1. The van der Waals surface area contributed by atoms with Crippen molar-refractivity contribution in [3.63, 3.8) is 0 Å². The average molecular weight is 285 g/mol. The minimum absolute atomic E-state index is 0.0129. The summed E-state index contributed by atoms with van der Waals surface area (Å²) in [6.07, 6.45) is 2.17. The van der Waals surface area contributed by atoms with Crippen LogP contribution in [0.25, 0.3) is 0 Å². The van der Waals surface area contributed by atoms with E-state index in [-0.39, 0.29) is 10.9 Å². The second kappa shape index (κ2) is 6.35. The third kappa shape index (κ3) is 3.67. The molecule has 1 aliphatic heterocycles.